The van der Waals surface area contributed by atoms with E-state index in [1.54, 1.807) is 6.07 Å². The molecule has 0 bridgehead atoms. The fourth-order valence-electron chi connectivity index (χ4n) is 2.90. The molecule has 3 rings (SSSR count). The van der Waals surface area contributed by atoms with Crippen molar-refractivity contribution in [2.45, 2.75) is 38.8 Å². The van der Waals surface area contributed by atoms with Gasteiger partial charge >= 0.3 is 6.09 Å². The number of nitrogens with one attached hydrogen (secondary N) is 1. The number of nitriles is 1. The number of rotatable bonds is 3. The van der Waals surface area contributed by atoms with E-state index >= 15 is 0 Å². The van der Waals surface area contributed by atoms with Crippen molar-refractivity contribution in [3.8, 4) is 17.2 Å². The van der Waals surface area contributed by atoms with Crippen molar-refractivity contribution in [2.75, 3.05) is 0 Å². The average molecular weight is 320 g/mol. The van der Waals surface area contributed by atoms with Gasteiger partial charge < -0.3 is 10.1 Å². The zero-order valence-electron chi connectivity index (χ0n) is 14.1. The maximum atomic E-state index is 12.3. The lowest BCUT2D eigenvalue weighted by atomic mass is 10.0. The Labute approximate surface area is 142 Å². The molecule has 0 saturated carbocycles. The van der Waals surface area contributed by atoms with Crippen LogP contribution >= 0.6 is 0 Å². The normalized spacial score (nSPS) is 15.2. The molecule has 0 aliphatic heterocycles. The predicted molar refractivity (Wildman–Crippen MR) is 92.4 cm³/mol. The van der Waals surface area contributed by atoms with Crippen LogP contribution in [-0.2, 0) is 4.74 Å². The summed E-state index contributed by atoms with van der Waals surface area (Å²) in [5, 5.41) is 12.1. The van der Waals surface area contributed by atoms with Gasteiger partial charge in [0.2, 0.25) is 0 Å². The van der Waals surface area contributed by atoms with Gasteiger partial charge in [0.25, 0.3) is 0 Å². The first-order valence-corrected chi connectivity index (χ1v) is 8.08. The number of amides is 1. The summed E-state index contributed by atoms with van der Waals surface area (Å²) in [6.07, 6.45) is 0.308. The van der Waals surface area contributed by atoms with Crippen LogP contribution in [-0.4, -0.2) is 11.7 Å². The van der Waals surface area contributed by atoms with Crippen LogP contribution in [0.1, 0.15) is 49.9 Å². The first-order chi connectivity index (χ1) is 11.4. The van der Waals surface area contributed by atoms with Crippen LogP contribution in [0.3, 0.4) is 0 Å². The van der Waals surface area contributed by atoms with Crippen molar-refractivity contribution in [1.29, 1.82) is 5.26 Å². The highest BCUT2D eigenvalue weighted by molar-refractivity contribution is 5.82. The van der Waals surface area contributed by atoms with E-state index in [4.69, 9.17) is 10.00 Å². The molecule has 1 aliphatic carbocycles. The number of hydrogen-bond donors (Lipinski definition) is 1. The van der Waals surface area contributed by atoms with Crippen LogP contribution in [0.25, 0.3) is 11.1 Å². The minimum Gasteiger partial charge on any atom is -0.444 e. The lowest BCUT2D eigenvalue weighted by molar-refractivity contribution is 0.0350. The van der Waals surface area contributed by atoms with Crippen molar-refractivity contribution >= 4 is 6.09 Å². The SMILES string of the molecule is CCC(C)(C)OC(=O)NC1c2ccccc2-c2cc(C#N)ccc21. The molecule has 2 aromatic carbocycles. The Morgan fingerprint density at radius 2 is 1.92 bits per heavy atom. The van der Waals surface area contributed by atoms with Crippen molar-refractivity contribution in [1.82, 2.24) is 5.32 Å². The second-order valence-electron chi connectivity index (χ2n) is 6.58. The summed E-state index contributed by atoms with van der Waals surface area (Å²) in [5.74, 6) is 0. The van der Waals surface area contributed by atoms with Crippen LogP contribution in [0, 0.1) is 11.3 Å². The van der Waals surface area contributed by atoms with E-state index in [9.17, 15) is 4.79 Å². The summed E-state index contributed by atoms with van der Waals surface area (Å²) < 4.78 is 5.52. The lowest BCUT2D eigenvalue weighted by Gasteiger charge is -2.25. The first kappa shape index (κ1) is 16.1. The van der Waals surface area contributed by atoms with Gasteiger partial charge in [-0.2, -0.15) is 5.26 Å². The van der Waals surface area contributed by atoms with Gasteiger partial charge in [0.15, 0.2) is 0 Å². The third kappa shape index (κ3) is 2.85. The Bertz CT molecular complexity index is 834. The number of nitrogens with zero attached hydrogens (tertiary/aromatic N) is 1. The van der Waals surface area contributed by atoms with Gasteiger partial charge in [-0.15, -0.1) is 0 Å². The molecule has 0 heterocycles. The second kappa shape index (κ2) is 6.01. The lowest BCUT2D eigenvalue weighted by Crippen LogP contribution is -2.36. The van der Waals surface area contributed by atoms with Crippen molar-refractivity contribution < 1.29 is 9.53 Å². The highest BCUT2D eigenvalue weighted by atomic mass is 16.6. The van der Waals surface area contributed by atoms with Crippen molar-refractivity contribution in [3.63, 3.8) is 0 Å². The molecule has 0 spiro atoms. The highest BCUT2D eigenvalue weighted by Gasteiger charge is 2.31. The van der Waals surface area contributed by atoms with Gasteiger partial charge in [-0.25, -0.2) is 4.79 Å². The number of carbonyl (C=O) groups is 1. The summed E-state index contributed by atoms with van der Waals surface area (Å²) >= 11 is 0. The number of hydrogen-bond acceptors (Lipinski definition) is 3. The smallest absolute Gasteiger partial charge is 0.408 e. The Hall–Kier alpha value is -2.80. The molecule has 1 atom stereocenters. The first-order valence-electron chi connectivity index (χ1n) is 8.08. The van der Waals surface area contributed by atoms with Crippen molar-refractivity contribution in [2.24, 2.45) is 0 Å². The molecule has 0 radical (unpaired) electrons. The number of alkyl carbamates (subject to hydrolysis) is 1. The van der Waals surface area contributed by atoms with E-state index in [2.05, 4.69) is 11.4 Å². The molecule has 4 nitrogen and oxygen atoms in total. The van der Waals surface area contributed by atoms with E-state index in [-0.39, 0.29) is 6.04 Å². The Morgan fingerprint density at radius 1 is 1.21 bits per heavy atom. The number of benzene rings is 2. The molecule has 1 amide bonds. The van der Waals surface area contributed by atoms with Crippen LogP contribution in [0.5, 0.6) is 0 Å². The third-order valence-corrected chi connectivity index (χ3v) is 4.54. The van der Waals surface area contributed by atoms with Crippen LogP contribution in [0.15, 0.2) is 42.5 Å². The summed E-state index contributed by atoms with van der Waals surface area (Å²) in [5.41, 5.74) is 4.15. The average Bonchev–Trinajstić information content (AvgIpc) is 2.88. The van der Waals surface area contributed by atoms with Gasteiger partial charge in [-0.1, -0.05) is 37.3 Å². The Balaban J connectivity index is 1.95. The molecule has 2 aromatic rings. The molecule has 1 N–H and O–H groups in total. The summed E-state index contributed by atoms with van der Waals surface area (Å²) in [4.78, 5) is 12.3. The zero-order chi connectivity index (χ0) is 17.3. The van der Waals surface area contributed by atoms with Gasteiger partial charge in [0.05, 0.1) is 17.7 Å². The van der Waals surface area contributed by atoms with Crippen LogP contribution in [0.4, 0.5) is 4.79 Å². The topological polar surface area (TPSA) is 62.1 Å². The fourth-order valence-corrected chi connectivity index (χ4v) is 2.90. The van der Waals surface area contributed by atoms with Crippen LogP contribution in [0.2, 0.25) is 0 Å². The summed E-state index contributed by atoms with van der Waals surface area (Å²) in [6, 6.07) is 15.4. The highest BCUT2D eigenvalue weighted by Crippen LogP contribution is 2.43. The molecule has 122 valence electrons. The van der Waals surface area contributed by atoms with E-state index < -0.39 is 11.7 Å². The van der Waals surface area contributed by atoms with Gasteiger partial charge in [0, 0.05) is 0 Å². The molecule has 0 saturated heterocycles. The minimum atomic E-state index is -0.504. The van der Waals surface area contributed by atoms with Gasteiger partial charge in [0.1, 0.15) is 5.60 Å². The Kier molecular flexibility index (Phi) is 4.02. The fraction of sp³-hybridized carbons (Fsp3) is 0.300. The summed E-state index contributed by atoms with van der Waals surface area (Å²) in [7, 11) is 0. The quantitative estimate of drug-likeness (QED) is 0.903. The summed E-state index contributed by atoms with van der Waals surface area (Å²) in [6.45, 7) is 5.77. The molecule has 0 fully saturated rings. The van der Waals surface area contributed by atoms with Gasteiger partial charge in [-0.05, 0) is 54.7 Å². The van der Waals surface area contributed by atoms with Gasteiger partial charge in [-0.3, -0.25) is 0 Å². The largest absolute Gasteiger partial charge is 0.444 e. The number of fused-ring (bicyclic) bond motifs is 3. The molecular weight excluding hydrogens is 300 g/mol. The molecular formula is C20H20N2O2. The van der Waals surface area contributed by atoms with E-state index in [0.717, 1.165) is 28.7 Å². The molecule has 4 heteroatoms. The maximum Gasteiger partial charge on any atom is 0.408 e. The van der Waals surface area contributed by atoms with E-state index in [1.165, 1.54) is 0 Å². The number of ether oxygens (including phenoxy) is 1. The molecule has 1 unspecified atom stereocenters. The minimum absolute atomic E-state index is 0.260. The monoisotopic (exact) mass is 320 g/mol. The van der Waals surface area contributed by atoms with E-state index in [0.29, 0.717) is 5.56 Å². The Morgan fingerprint density at radius 3 is 2.62 bits per heavy atom. The second-order valence-corrected chi connectivity index (χ2v) is 6.58. The third-order valence-electron chi connectivity index (χ3n) is 4.54. The standard InChI is InChI=1S/C20H20N2O2/c1-4-20(2,3)24-19(23)22-18-15-8-6-5-7-14(15)17-11-13(12-21)9-10-16(17)18/h5-11,18H,4H2,1-3H3,(H,22,23). The predicted octanol–water partition coefficient (Wildman–Crippen LogP) is 4.54. The molecule has 24 heavy (non-hydrogen) atoms. The maximum absolute atomic E-state index is 12.3. The molecule has 0 aromatic heterocycles. The molecule has 1 aliphatic rings. The number of carbonyl (C=O) groups excluding carboxylic acids is 1. The van der Waals surface area contributed by atoms with Crippen LogP contribution < -0.4 is 5.32 Å². The van der Waals surface area contributed by atoms with Crippen molar-refractivity contribution in [3.05, 3.63) is 59.2 Å². The zero-order valence-corrected chi connectivity index (χ0v) is 14.1. The van der Waals surface area contributed by atoms with E-state index in [1.807, 2.05) is 57.2 Å².